The van der Waals surface area contributed by atoms with Crippen LogP contribution in [0.15, 0.2) is 59.1 Å². The summed E-state index contributed by atoms with van der Waals surface area (Å²) in [7, 11) is 0. The predicted octanol–water partition coefficient (Wildman–Crippen LogP) is 5.64. The Kier molecular flexibility index (Phi) is 5.08. The van der Waals surface area contributed by atoms with Crippen molar-refractivity contribution in [3.8, 4) is 11.3 Å². The van der Waals surface area contributed by atoms with Crippen LogP contribution in [0.4, 0.5) is 0 Å². The van der Waals surface area contributed by atoms with Crippen LogP contribution in [0.5, 0.6) is 0 Å². The summed E-state index contributed by atoms with van der Waals surface area (Å²) < 4.78 is 6.21. The van der Waals surface area contributed by atoms with Gasteiger partial charge in [-0.3, -0.25) is 4.98 Å². The standard InChI is InChI=1S/C20H17Cl2N3OS/c1-2-25-19(18(24-20(25)27)15-5-3-4-10-23-15)17-9-8-16(26-17)12-6-7-13(21)14(22)11-12/h3-11,18-19H,2H2,1H3,(H,24,27)/t18-,19+/m0/s1. The second-order valence-electron chi connectivity index (χ2n) is 6.24. The van der Waals surface area contributed by atoms with Gasteiger partial charge in [0.2, 0.25) is 0 Å². The number of rotatable bonds is 4. The van der Waals surface area contributed by atoms with Crippen molar-refractivity contribution in [3.05, 3.63) is 76.2 Å². The molecule has 0 spiro atoms. The van der Waals surface area contributed by atoms with Gasteiger partial charge in [-0.2, -0.15) is 0 Å². The molecule has 0 aliphatic carbocycles. The SMILES string of the molecule is CCN1C(=S)N[C@@H](c2ccccn2)[C@H]1c1ccc(-c2ccc(Cl)c(Cl)c2)o1. The molecule has 0 bridgehead atoms. The summed E-state index contributed by atoms with van der Waals surface area (Å²) in [4.78, 5) is 6.62. The molecular weight excluding hydrogens is 401 g/mol. The number of nitrogens with one attached hydrogen (secondary N) is 1. The Labute approximate surface area is 173 Å². The zero-order valence-corrected chi connectivity index (χ0v) is 16.9. The molecule has 4 nitrogen and oxygen atoms in total. The Morgan fingerprint density at radius 1 is 1.15 bits per heavy atom. The Morgan fingerprint density at radius 2 is 2.00 bits per heavy atom. The first-order chi connectivity index (χ1) is 13.1. The summed E-state index contributed by atoms with van der Waals surface area (Å²) in [5, 5.41) is 5.10. The number of furan rings is 1. The van der Waals surface area contributed by atoms with E-state index in [4.69, 9.17) is 39.8 Å². The molecule has 0 radical (unpaired) electrons. The van der Waals surface area contributed by atoms with Crippen molar-refractivity contribution in [2.45, 2.75) is 19.0 Å². The maximum absolute atomic E-state index is 6.21. The maximum atomic E-state index is 6.21. The second-order valence-corrected chi connectivity index (χ2v) is 7.44. The van der Waals surface area contributed by atoms with Gasteiger partial charge in [0.05, 0.1) is 21.8 Å². The number of nitrogens with zero attached hydrogens (tertiary/aromatic N) is 2. The quantitative estimate of drug-likeness (QED) is 0.556. The fourth-order valence-electron chi connectivity index (χ4n) is 3.37. The van der Waals surface area contributed by atoms with Crippen molar-refractivity contribution in [2.75, 3.05) is 6.54 Å². The van der Waals surface area contributed by atoms with Gasteiger partial charge in [-0.15, -0.1) is 0 Å². The maximum Gasteiger partial charge on any atom is 0.170 e. The molecule has 3 heterocycles. The summed E-state index contributed by atoms with van der Waals surface area (Å²) in [6.07, 6.45) is 1.79. The van der Waals surface area contributed by atoms with Crippen LogP contribution in [0.1, 0.15) is 30.5 Å². The van der Waals surface area contributed by atoms with Gasteiger partial charge in [-0.1, -0.05) is 29.3 Å². The summed E-state index contributed by atoms with van der Waals surface area (Å²) in [5.74, 6) is 1.55. The number of likely N-dealkylation sites (N-methyl/N-ethyl adjacent to an activating group) is 1. The molecule has 1 fully saturated rings. The highest BCUT2D eigenvalue weighted by Gasteiger charge is 2.40. The molecule has 1 aliphatic heterocycles. The Bertz CT molecular complexity index is 976. The average Bonchev–Trinajstić information content (AvgIpc) is 3.29. The van der Waals surface area contributed by atoms with Gasteiger partial charge in [-0.05, 0) is 61.6 Å². The molecule has 1 saturated heterocycles. The molecule has 1 aromatic carbocycles. The fraction of sp³-hybridized carbons (Fsp3) is 0.200. The lowest BCUT2D eigenvalue weighted by Crippen LogP contribution is -2.29. The zero-order chi connectivity index (χ0) is 19.0. The molecular formula is C20H17Cl2N3OS. The highest BCUT2D eigenvalue weighted by Crippen LogP contribution is 2.40. The largest absolute Gasteiger partial charge is 0.459 e. The van der Waals surface area contributed by atoms with Crippen molar-refractivity contribution in [2.24, 2.45) is 0 Å². The molecule has 1 N–H and O–H groups in total. The van der Waals surface area contributed by atoms with Gasteiger partial charge in [-0.25, -0.2) is 0 Å². The summed E-state index contributed by atoms with van der Waals surface area (Å²) in [5.41, 5.74) is 1.80. The summed E-state index contributed by atoms with van der Waals surface area (Å²) >= 11 is 17.7. The fourth-order valence-corrected chi connectivity index (χ4v) is 4.04. The predicted molar refractivity (Wildman–Crippen MR) is 112 cm³/mol. The molecule has 4 rings (SSSR count). The van der Waals surface area contributed by atoms with E-state index in [0.717, 1.165) is 29.3 Å². The Balaban J connectivity index is 1.72. The lowest BCUT2D eigenvalue weighted by atomic mass is 10.0. The number of hydrogen-bond donors (Lipinski definition) is 1. The van der Waals surface area contributed by atoms with Crippen LogP contribution in [-0.2, 0) is 0 Å². The van der Waals surface area contributed by atoms with Crippen LogP contribution in [0, 0.1) is 0 Å². The van der Waals surface area contributed by atoms with E-state index in [1.54, 1.807) is 18.3 Å². The topological polar surface area (TPSA) is 41.3 Å². The van der Waals surface area contributed by atoms with Crippen LogP contribution in [0.3, 0.4) is 0 Å². The molecule has 0 unspecified atom stereocenters. The van der Waals surface area contributed by atoms with Crippen molar-refractivity contribution in [3.63, 3.8) is 0 Å². The lowest BCUT2D eigenvalue weighted by Gasteiger charge is -2.24. The first kappa shape index (κ1) is 18.3. The van der Waals surface area contributed by atoms with Gasteiger partial charge >= 0.3 is 0 Å². The normalized spacial score (nSPS) is 19.4. The second kappa shape index (κ2) is 7.50. The van der Waals surface area contributed by atoms with Gasteiger partial charge in [0, 0.05) is 18.3 Å². The van der Waals surface area contributed by atoms with E-state index < -0.39 is 0 Å². The third-order valence-electron chi connectivity index (χ3n) is 4.66. The first-order valence-corrected chi connectivity index (χ1v) is 9.78. The minimum absolute atomic E-state index is 0.0751. The molecule has 0 saturated carbocycles. The highest BCUT2D eigenvalue weighted by atomic mass is 35.5. The van der Waals surface area contributed by atoms with Crippen LogP contribution in [0.25, 0.3) is 11.3 Å². The van der Waals surface area contributed by atoms with Crippen molar-refractivity contribution in [1.82, 2.24) is 15.2 Å². The molecule has 0 amide bonds. The van der Waals surface area contributed by atoms with Crippen molar-refractivity contribution >= 4 is 40.5 Å². The number of benzene rings is 1. The molecule has 2 aromatic heterocycles. The highest BCUT2D eigenvalue weighted by molar-refractivity contribution is 7.80. The molecule has 7 heteroatoms. The van der Waals surface area contributed by atoms with E-state index in [1.807, 2.05) is 36.4 Å². The van der Waals surface area contributed by atoms with Gasteiger partial charge < -0.3 is 14.6 Å². The monoisotopic (exact) mass is 417 g/mol. The number of pyridine rings is 1. The van der Waals surface area contributed by atoms with Gasteiger partial charge in [0.25, 0.3) is 0 Å². The number of aromatic nitrogens is 1. The van der Waals surface area contributed by atoms with E-state index in [1.165, 1.54) is 0 Å². The van der Waals surface area contributed by atoms with E-state index in [9.17, 15) is 0 Å². The van der Waals surface area contributed by atoms with E-state index in [-0.39, 0.29) is 12.1 Å². The average molecular weight is 418 g/mol. The number of thiocarbonyl (C=S) groups is 1. The molecule has 1 aliphatic rings. The third kappa shape index (κ3) is 3.43. The minimum atomic E-state index is -0.0774. The molecule has 3 aromatic rings. The van der Waals surface area contributed by atoms with E-state index in [0.29, 0.717) is 15.2 Å². The zero-order valence-electron chi connectivity index (χ0n) is 14.5. The number of halogens is 2. The van der Waals surface area contributed by atoms with E-state index >= 15 is 0 Å². The van der Waals surface area contributed by atoms with Crippen LogP contribution in [-0.4, -0.2) is 21.5 Å². The molecule has 27 heavy (non-hydrogen) atoms. The van der Waals surface area contributed by atoms with Crippen molar-refractivity contribution in [1.29, 1.82) is 0 Å². The molecule has 2 atom stereocenters. The summed E-state index contributed by atoms with van der Waals surface area (Å²) in [6.45, 7) is 2.84. The third-order valence-corrected chi connectivity index (χ3v) is 5.75. The van der Waals surface area contributed by atoms with Crippen molar-refractivity contribution < 1.29 is 4.42 Å². The van der Waals surface area contributed by atoms with Crippen LogP contribution in [0.2, 0.25) is 10.0 Å². The summed E-state index contributed by atoms with van der Waals surface area (Å²) in [6, 6.07) is 15.1. The first-order valence-electron chi connectivity index (χ1n) is 8.61. The number of hydrogen-bond acceptors (Lipinski definition) is 3. The smallest absolute Gasteiger partial charge is 0.170 e. The Hall–Kier alpha value is -2.08. The van der Waals surface area contributed by atoms with Gasteiger partial charge in [0.15, 0.2) is 5.11 Å². The van der Waals surface area contributed by atoms with Gasteiger partial charge in [0.1, 0.15) is 17.6 Å². The van der Waals surface area contributed by atoms with Crippen LogP contribution < -0.4 is 5.32 Å². The van der Waals surface area contributed by atoms with E-state index in [2.05, 4.69) is 22.1 Å². The Morgan fingerprint density at radius 3 is 2.70 bits per heavy atom. The molecule has 138 valence electrons. The minimum Gasteiger partial charge on any atom is -0.459 e. The van der Waals surface area contributed by atoms with Crippen LogP contribution >= 0.6 is 35.4 Å². The lowest BCUT2D eigenvalue weighted by molar-refractivity contribution is 0.284.